The normalized spacial score (nSPS) is 10.9. The maximum absolute atomic E-state index is 12.1. The summed E-state index contributed by atoms with van der Waals surface area (Å²) in [4.78, 5) is 16.6. The summed E-state index contributed by atoms with van der Waals surface area (Å²) < 4.78 is 3.36. The Morgan fingerprint density at radius 3 is 2.92 bits per heavy atom. The molecule has 1 amide bonds. The minimum Gasteiger partial charge on any atom is -0.305 e. The van der Waals surface area contributed by atoms with E-state index in [0.717, 1.165) is 16.5 Å². The zero-order valence-electron chi connectivity index (χ0n) is 13.6. The Labute approximate surface area is 143 Å². The number of nitrogens with zero attached hydrogens (tertiary/aromatic N) is 5. The van der Waals surface area contributed by atoms with Gasteiger partial charge >= 0.3 is 0 Å². The molecule has 0 fully saturated rings. The maximum atomic E-state index is 12.1. The molecule has 0 bridgehead atoms. The fourth-order valence-corrected chi connectivity index (χ4v) is 2.71. The Bertz CT molecular complexity index is 1040. The first kappa shape index (κ1) is 15.1. The first-order valence-electron chi connectivity index (χ1n) is 7.85. The third-order valence-electron chi connectivity index (χ3n) is 3.90. The van der Waals surface area contributed by atoms with Crippen molar-refractivity contribution in [2.75, 3.05) is 5.32 Å². The molecule has 0 unspecified atom stereocenters. The number of para-hydroxylation sites is 1. The van der Waals surface area contributed by atoms with Crippen molar-refractivity contribution in [1.82, 2.24) is 24.5 Å². The van der Waals surface area contributed by atoms with E-state index in [1.165, 1.54) is 6.20 Å². The zero-order chi connectivity index (χ0) is 17.2. The van der Waals surface area contributed by atoms with Crippen molar-refractivity contribution in [3.8, 4) is 0 Å². The summed E-state index contributed by atoms with van der Waals surface area (Å²) in [6.07, 6.45) is 6.80. The molecule has 0 spiro atoms. The van der Waals surface area contributed by atoms with Crippen LogP contribution < -0.4 is 5.32 Å². The number of benzene rings is 1. The van der Waals surface area contributed by atoms with Gasteiger partial charge in [0.1, 0.15) is 0 Å². The molecule has 0 aliphatic carbocycles. The van der Waals surface area contributed by atoms with E-state index >= 15 is 0 Å². The van der Waals surface area contributed by atoms with Crippen LogP contribution in [0, 0.1) is 0 Å². The van der Waals surface area contributed by atoms with E-state index in [0.29, 0.717) is 17.9 Å². The van der Waals surface area contributed by atoms with Gasteiger partial charge in [0.05, 0.1) is 23.8 Å². The molecular weight excluding hydrogens is 316 g/mol. The molecule has 7 nitrogen and oxygen atoms in total. The Morgan fingerprint density at radius 2 is 2.08 bits per heavy atom. The van der Waals surface area contributed by atoms with Crippen LogP contribution in [-0.2, 0) is 13.6 Å². The molecule has 1 N–H and O–H groups in total. The largest absolute Gasteiger partial charge is 0.305 e. The fraction of sp³-hybridized carbons (Fsp3) is 0.111. The van der Waals surface area contributed by atoms with Crippen molar-refractivity contribution in [3.63, 3.8) is 0 Å². The van der Waals surface area contributed by atoms with E-state index in [-0.39, 0.29) is 5.91 Å². The molecular formula is C18H16N6O. The molecule has 3 heterocycles. The molecule has 0 aliphatic heterocycles. The summed E-state index contributed by atoms with van der Waals surface area (Å²) in [7, 11) is 1.77. The number of nitrogens with one attached hydrogen (secondary N) is 1. The summed E-state index contributed by atoms with van der Waals surface area (Å²) in [5, 5.41) is 12.3. The molecule has 25 heavy (non-hydrogen) atoms. The van der Waals surface area contributed by atoms with Crippen LogP contribution in [-0.4, -0.2) is 30.5 Å². The predicted molar refractivity (Wildman–Crippen MR) is 94.2 cm³/mol. The van der Waals surface area contributed by atoms with E-state index in [1.807, 2.05) is 36.5 Å². The molecule has 3 aromatic heterocycles. The second-order valence-electron chi connectivity index (χ2n) is 5.75. The zero-order valence-corrected chi connectivity index (χ0v) is 13.6. The molecule has 124 valence electrons. The lowest BCUT2D eigenvalue weighted by atomic mass is 10.1. The number of rotatable bonds is 4. The molecule has 0 saturated carbocycles. The standard InChI is InChI=1S/C18H16N6O/c1-23-11-15(10-20-23)18(25)21-16-7-9-24(22-16)12-14-5-2-4-13-6-3-8-19-17(13)14/h2-11H,12H2,1H3,(H,21,22,25). The molecule has 4 rings (SSSR count). The highest BCUT2D eigenvalue weighted by molar-refractivity contribution is 6.03. The second-order valence-corrected chi connectivity index (χ2v) is 5.75. The topological polar surface area (TPSA) is 77.6 Å². The van der Waals surface area contributed by atoms with Gasteiger partial charge in [-0.25, -0.2) is 0 Å². The number of pyridine rings is 1. The Kier molecular flexibility index (Phi) is 3.74. The van der Waals surface area contributed by atoms with Crippen LogP contribution in [0.2, 0.25) is 0 Å². The van der Waals surface area contributed by atoms with E-state index < -0.39 is 0 Å². The van der Waals surface area contributed by atoms with Gasteiger partial charge in [-0.05, 0) is 11.6 Å². The van der Waals surface area contributed by atoms with Gasteiger partial charge in [0.25, 0.3) is 5.91 Å². The first-order valence-corrected chi connectivity index (χ1v) is 7.85. The van der Waals surface area contributed by atoms with Crippen molar-refractivity contribution in [2.45, 2.75) is 6.54 Å². The number of aromatic nitrogens is 5. The van der Waals surface area contributed by atoms with Crippen LogP contribution in [0.1, 0.15) is 15.9 Å². The number of carbonyl (C=O) groups is 1. The van der Waals surface area contributed by atoms with Crippen LogP contribution in [0.5, 0.6) is 0 Å². The summed E-state index contributed by atoms with van der Waals surface area (Å²) >= 11 is 0. The van der Waals surface area contributed by atoms with E-state index in [2.05, 4.69) is 20.5 Å². The van der Waals surface area contributed by atoms with Crippen molar-refractivity contribution in [3.05, 3.63) is 72.3 Å². The van der Waals surface area contributed by atoms with E-state index in [1.54, 1.807) is 34.9 Å². The summed E-state index contributed by atoms with van der Waals surface area (Å²) in [6.45, 7) is 0.580. The van der Waals surface area contributed by atoms with Gasteiger partial charge in [0.15, 0.2) is 5.82 Å². The summed E-state index contributed by atoms with van der Waals surface area (Å²) in [5.74, 6) is 0.271. The second kappa shape index (κ2) is 6.20. The number of aryl methyl sites for hydroxylation is 1. The third kappa shape index (κ3) is 3.12. The van der Waals surface area contributed by atoms with Gasteiger partial charge < -0.3 is 5.32 Å². The number of amides is 1. The average Bonchev–Trinajstić information content (AvgIpc) is 3.24. The highest BCUT2D eigenvalue weighted by Gasteiger charge is 2.10. The number of carbonyl (C=O) groups excluding carboxylic acids is 1. The molecule has 1 aromatic carbocycles. The average molecular weight is 332 g/mol. The lowest BCUT2D eigenvalue weighted by Crippen LogP contribution is -2.12. The maximum Gasteiger partial charge on any atom is 0.260 e. The number of hydrogen-bond acceptors (Lipinski definition) is 4. The molecule has 0 radical (unpaired) electrons. The number of anilines is 1. The van der Waals surface area contributed by atoms with E-state index in [4.69, 9.17) is 0 Å². The fourth-order valence-electron chi connectivity index (χ4n) is 2.71. The summed E-state index contributed by atoms with van der Waals surface area (Å²) in [5.41, 5.74) is 2.53. The van der Waals surface area contributed by atoms with Gasteiger partial charge in [-0.2, -0.15) is 10.2 Å². The first-order chi connectivity index (χ1) is 12.2. The summed E-state index contributed by atoms with van der Waals surface area (Å²) in [6, 6.07) is 11.8. The van der Waals surface area contributed by atoms with Crippen LogP contribution in [0.25, 0.3) is 10.9 Å². The van der Waals surface area contributed by atoms with E-state index in [9.17, 15) is 4.79 Å². The Hall–Kier alpha value is -3.48. The molecule has 0 saturated heterocycles. The molecule has 7 heteroatoms. The predicted octanol–water partition coefficient (Wildman–Crippen LogP) is 2.47. The Balaban J connectivity index is 1.52. The van der Waals surface area contributed by atoms with Gasteiger partial charge in [0.2, 0.25) is 0 Å². The minimum atomic E-state index is -0.231. The smallest absolute Gasteiger partial charge is 0.260 e. The monoisotopic (exact) mass is 332 g/mol. The minimum absolute atomic E-state index is 0.231. The molecule has 4 aromatic rings. The van der Waals surface area contributed by atoms with Crippen molar-refractivity contribution >= 4 is 22.6 Å². The van der Waals surface area contributed by atoms with Gasteiger partial charge in [-0.3, -0.25) is 19.1 Å². The number of fused-ring (bicyclic) bond motifs is 1. The van der Waals surface area contributed by atoms with Crippen LogP contribution in [0.4, 0.5) is 5.82 Å². The molecule has 0 atom stereocenters. The number of hydrogen-bond donors (Lipinski definition) is 1. The highest BCUT2D eigenvalue weighted by atomic mass is 16.1. The van der Waals surface area contributed by atoms with Gasteiger partial charge in [0, 0.05) is 37.1 Å². The highest BCUT2D eigenvalue weighted by Crippen LogP contribution is 2.17. The van der Waals surface area contributed by atoms with Crippen molar-refractivity contribution in [2.24, 2.45) is 7.05 Å². The van der Waals surface area contributed by atoms with Gasteiger partial charge in [-0.15, -0.1) is 0 Å². The van der Waals surface area contributed by atoms with Gasteiger partial charge in [-0.1, -0.05) is 24.3 Å². The van der Waals surface area contributed by atoms with Crippen LogP contribution in [0.15, 0.2) is 61.2 Å². The van der Waals surface area contributed by atoms with Crippen LogP contribution >= 0.6 is 0 Å². The third-order valence-corrected chi connectivity index (χ3v) is 3.90. The quantitative estimate of drug-likeness (QED) is 0.623. The van der Waals surface area contributed by atoms with Crippen LogP contribution in [0.3, 0.4) is 0 Å². The Morgan fingerprint density at radius 1 is 1.20 bits per heavy atom. The van der Waals surface area contributed by atoms with Crippen molar-refractivity contribution < 1.29 is 4.79 Å². The lowest BCUT2D eigenvalue weighted by Gasteiger charge is -2.06. The SMILES string of the molecule is Cn1cc(C(=O)Nc2ccn(Cc3cccc4cccnc34)n2)cn1. The lowest BCUT2D eigenvalue weighted by molar-refractivity contribution is 0.102. The molecule has 0 aliphatic rings. The van der Waals surface area contributed by atoms with Crippen molar-refractivity contribution in [1.29, 1.82) is 0 Å².